The number of esters is 1. The second-order valence-corrected chi connectivity index (χ2v) is 21.0. The predicted octanol–water partition coefficient (Wildman–Crippen LogP) is 19.2. The Hall–Kier alpha value is -1.92. The topological polar surface area (TPSA) is 95.9 Å². The lowest BCUT2D eigenvalue weighted by Crippen LogP contribution is -2.45. The summed E-state index contributed by atoms with van der Waals surface area (Å²) < 4.78 is 5.49. The Labute approximate surface area is 430 Å². The Morgan fingerprint density at radius 2 is 0.725 bits per heavy atom. The molecule has 0 aliphatic rings. The minimum Gasteiger partial charge on any atom is -0.466 e. The van der Waals surface area contributed by atoms with E-state index < -0.39 is 12.1 Å². The van der Waals surface area contributed by atoms with E-state index in [-0.39, 0.29) is 18.5 Å². The molecule has 0 fully saturated rings. The Balaban J connectivity index is 3.44. The lowest BCUT2D eigenvalue weighted by atomic mass is 10.0. The number of hydrogen-bond acceptors (Lipinski definition) is 5. The van der Waals surface area contributed by atoms with E-state index in [4.69, 9.17) is 4.74 Å². The molecule has 406 valence electrons. The molecule has 0 saturated carbocycles. The monoisotopic (exact) mass is 970 g/mol. The highest BCUT2D eigenvalue weighted by Crippen LogP contribution is 2.17. The first kappa shape index (κ1) is 67.1. The zero-order valence-electron chi connectivity index (χ0n) is 46.3. The molecule has 0 aromatic rings. The fourth-order valence-electron chi connectivity index (χ4n) is 9.43. The Morgan fingerprint density at radius 1 is 0.406 bits per heavy atom. The molecule has 0 saturated heterocycles. The second-order valence-electron chi connectivity index (χ2n) is 21.0. The summed E-state index contributed by atoms with van der Waals surface area (Å²) in [6.07, 6.45) is 73.3. The molecule has 0 spiro atoms. The number of carbonyl (C=O) groups is 2. The van der Waals surface area contributed by atoms with E-state index in [1.165, 1.54) is 244 Å². The van der Waals surface area contributed by atoms with Crippen molar-refractivity contribution < 1.29 is 24.5 Å². The van der Waals surface area contributed by atoms with Gasteiger partial charge in [-0.3, -0.25) is 9.59 Å². The van der Waals surface area contributed by atoms with Gasteiger partial charge in [-0.2, -0.15) is 0 Å². The van der Waals surface area contributed by atoms with Gasteiger partial charge < -0.3 is 20.3 Å². The van der Waals surface area contributed by atoms with Gasteiger partial charge in [0.2, 0.25) is 5.91 Å². The van der Waals surface area contributed by atoms with E-state index in [0.717, 1.165) is 57.8 Å². The van der Waals surface area contributed by atoms with Crippen molar-refractivity contribution in [3.05, 3.63) is 36.5 Å². The van der Waals surface area contributed by atoms with Gasteiger partial charge in [0.15, 0.2) is 0 Å². The van der Waals surface area contributed by atoms with Gasteiger partial charge in [-0.05, 0) is 64.2 Å². The van der Waals surface area contributed by atoms with Gasteiger partial charge in [0.1, 0.15) is 0 Å². The molecule has 0 radical (unpaired) electrons. The van der Waals surface area contributed by atoms with Crippen LogP contribution in [0.3, 0.4) is 0 Å². The van der Waals surface area contributed by atoms with E-state index >= 15 is 0 Å². The molecule has 0 rings (SSSR count). The van der Waals surface area contributed by atoms with Gasteiger partial charge >= 0.3 is 5.97 Å². The van der Waals surface area contributed by atoms with Crippen LogP contribution in [0.15, 0.2) is 36.5 Å². The molecule has 0 aromatic heterocycles. The number of aliphatic hydroxyl groups is 2. The molecule has 0 aromatic carbocycles. The molecule has 1 amide bonds. The van der Waals surface area contributed by atoms with Crippen LogP contribution in [-0.4, -0.2) is 47.4 Å². The minimum atomic E-state index is -0.850. The van der Waals surface area contributed by atoms with Crippen LogP contribution in [0.4, 0.5) is 0 Å². The standard InChI is InChI=1S/C63H119NO5/c1-3-5-7-9-11-13-15-17-18-26-30-33-37-41-45-49-53-57-63(68)69-58-54-50-46-42-38-34-31-28-25-23-21-19-20-22-24-27-29-32-36-40-44-48-52-56-62(67)64-60(59-65)61(66)55-51-47-43-39-35-16-14-12-10-8-6-4-2/h19,21-22,24,51,55,60-61,65-66H,3-18,20,23,25-50,52-54,56-59H2,1-2H3,(H,64,67)/b21-19-,24-22-,55-51+. The fourth-order valence-corrected chi connectivity index (χ4v) is 9.43. The first-order chi connectivity index (χ1) is 34.0. The molecule has 0 aliphatic heterocycles. The molecule has 6 nitrogen and oxygen atoms in total. The average Bonchev–Trinajstić information content (AvgIpc) is 3.35. The summed E-state index contributed by atoms with van der Waals surface area (Å²) in [6.45, 7) is 4.90. The summed E-state index contributed by atoms with van der Waals surface area (Å²) in [5.41, 5.74) is 0. The summed E-state index contributed by atoms with van der Waals surface area (Å²) in [5.74, 6) is -0.0685. The molecule has 2 unspecified atom stereocenters. The molecule has 0 heterocycles. The maximum absolute atomic E-state index is 12.4. The number of hydrogen-bond donors (Lipinski definition) is 3. The van der Waals surface area contributed by atoms with Crippen LogP contribution >= 0.6 is 0 Å². The van der Waals surface area contributed by atoms with Gasteiger partial charge in [0.25, 0.3) is 0 Å². The number of allylic oxidation sites excluding steroid dienone is 5. The van der Waals surface area contributed by atoms with Crippen molar-refractivity contribution in [2.75, 3.05) is 13.2 Å². The van der Waals surface area contributed by atoms with Crippen LogP contribution in [0.5, 0.6) is 0 Å². The second kappa shape index (κ2) is 58.6. The van der Waals surface area contributed by atoms with E-state index in [0.29, 0.717) is 19.4 Å². The Kier molecular flexibility index (Phi) is 57.0. The van der Waals surface area contributed by atoms with Crippen molar-refractivity contribution in [2.24, 2.45) is 0 Å². The zero-order valence-corrected chi connectivity index (χ0v) is 46.3. The van der Waals surface area contributed by atoms with E-state index in [2.05, 4.69) is 43.5 Å². The van der Waals surface area contributed by atoms with Gasteiger partial charge in [0, 0.05) is 12.8 Å². The number of unbranched alkanes of at least 4 members (excludes halogenated alkanes) is 42. The smallest absolute Gasteiger partial charge is 0.305 e. The summed E-state index contributed by atoms with van der Waals surface area (Å²) in [6, 6.07) is -0.635. The maximum Gasteiger partial charge on any atom is 0.305 e. The third kappa shape index (κ3) is 55.2. The Bertz CT molecular complexity index is 1120. The van der Waals surface area contributed by atoms with Crippen molar-refractivity contribution in [2.45, 2.75) is 341 Å². The van der Waals surface area contributed by atoms with Crippen LogP contribution in [0.2, 0.25) is 0 Å². The number of ether oxygens (including phenoxy) is 1. The Morgan fingerprint density at radius 3 is 1.10 bits per heavy atom. The highest BCUT2D eigenvalue weighted by atomic mass is 16.5. The molecule has 69 heavy (non-hydrogen) atoms. The van der Waals surface area contributed by atoms with Crippen molar-refractivity contribution in [3.8, 4) is 0 Å². The largest absolute Gasteiger partial charge is 0.466 e. The van der Waals surface area contributed by atoms with Crippen LogP contribution < -0.4 is 5.32 Å². The van der Waals surface area contributed by atoms with Crippen molar-refractivity contribution in [1.29, 1.82) is 0 Å². The minimum absolute atomic E-state index is 0.0104. The predicted molar refractivity (Wildman–Crippen MR) is 301 cm³/mol. The van der Waals surface area contributed by atoms with E-state index in [1.54, 1.807) is 6.08 Å². The normalized spacial score (nSPS) is 12.8. The lowest BCUT2D eigenvalue weighted by Gasteiger charge is -2.20. The third-order valence-electron chi connectivity index (χ3n) is 14.2. The highest BCUT2D eigenvalue weighted by molar-refractivity contribution is 5.76. The van der Waals surface area contributed by atoms with Crippen LogP contribution in [0.1, 0.15) is 328 Å². The SMILES string of the molecule is CCCCCCCCCCCC/C=C/C(O)C(CO)NC(=O)CCCCCCCCC/C=C\C/C=C\CCCCCCCCCCCOC(=O)CCCCCCCCCCCCCCCCCCC. The van der Waals surface area contributed by atoms with Gasteiger partial charge in [-0.1, -0.05) is 288 Å². The fraction of sp³-hybridized carbons (Fsp3) is 0.873. The molecule has 0 bridgehead atoms. The molecular formula is C63H119NO5. The number of rotatable bonds is 57. The van der Waals surface area contributed by atoms with Crippen LogP contribution in [-0.2, 0) is 14.3 Å². The first-order valence-electron chi connectivity index (χ1n) is 30.8. The first-order valence-corrected chi connectivity index (χ1v) is 30.8. The quantitative estimate of drug-likeness (QED) is 0.0321. The number of amides is 1. The number of carbonyl (C=O) groups excluding carboxylic acids is 2. The van der Waals surface area contributed by atoms with Gasteiger partial charge in [0.05, 0.1) is 25.4 Å². The van der Waals surface area contributed by atoms with Crippen LogP contribution in [0.25, 0.3) is 0 Å². The summed E-state index contributed by atoms with van der Waals surface area (Å²) >= 11 is 0. The van der Waals surface area contributed by atoms with Gasteiger partial charge in [-0.25, -0.2) is 0 Å². The molecule has 0 aliphatic carbocycles. The van der Waals surface area contributed by atoms with Crippen molar-refractivity contribution >= 4 is 11.9 Å². The van der Waals surface area contributed by atoms with Crippen LogP contribution in [0, 0.1) is 0 Å². The molecule has 2 atom stereocenters. The highest BCUT2D eigenvalue weighted by Gasteiger charge is 2.18. The third-order valence-corrected chi connectivity index (χ3v) is 14.2. The average molecular weight is 971 g/mol. The molecule has 3 N–H and O–H groups in total. The zero-order chi connectivity index (χ0) is 50.0. The summed E-state index contributed by atoms with van der Waals surface area (Å²) in [7, 11) is 0. The summed E-state index contributed by atoms with van der Waals surface area (Å²) in [4.78, 5) is 24.5. The molecular weight excluding hydrogens is 851 g/mol. The van der Waals surface area contributed by atoms with Crippen molar-refractivity contribution in [1.82, 2.24) is 5.32 Å². The van der Waals surface area contributed by atoms with Crippen molar-refractivity contribution in [3.63, 3.8) is 0 Å². The number of aliphatic hydroxyl groups excluding tert-OH is 2. The summed E-state index contributed by atoms with van der Waals surface area (Å²) in [5, 5.41) is 23.0. The number of nitrogens with one attached hydrogen (secondary N) is 1. The van der Waals surface area contributed by atoms with Gasteiger partial charge in [-0.15, -0.1) is 0 Å². The van der Waals surface area contributed by atoms with E-state index in [1.807, 2.05) is 6.08 Å². The maximum atomic E-state index is 12.4. The van der Waals surface area contributed by atoms with E-state index in [9.17, 15) is 19.8 Å². The lowest BCUT2D eigenvalue weighted by molar-refractivity contribution is -0.143. The molecule has 6 heteroatoms.